The van der Waals surface area contributed by atoms with E-state index in [2.05, 4.69) is 24.1 Å². The van der Waals surface area contributed by atoms with Crippen LogP contribution in [0.15, 0.2) is 29.2 Å². The fourth-order valence-corrected chi connectivity index (χ4v) is 6.74. The van der Waals surface area contributed by atoms with Gasteiger partial charge in [-0.1, -0.05) is 39.2 Å². The maximum absolute atomic E-state index is 13.2. The van der Waals surface area contributed by atoms with Crippen molar-refractivity contribution >= 4 is 15.9 Å². The number of nitrogens with zero attached hydrogens (tertiary/aromatic N) is 2. The molecule has 1 N–H and O–H groups in total. The minimum absolute atomic E-state index is 0.0134. The summed E-state index contributed by atoms with van der Waals surface area (Å²) in [5, 5.41) is 3.08. The normalized spacial score (nSPS) is 22.1. The molecule has 0 spiro atoms. The summed E-state index contributed by atoms with van der Waals surface area (Å²) in [5.41, 5.74) is 0.390. The number of piperidine rings is 1. The molecule has 1 amide bonds. The van der Waals surface area contributed by atoms with Gasteiger partial charge in [0, 0.05) is 43.8 Å². The molecular formula is C24H39N3O4S. The zero-order valence-corrected chi connectivity index (χ0v) is 20.6. The number of benzene rings is 1. The topological polar surface area (TPSA) is 79.0 Å². The number of hydrogen-bond donors (Lipinski definition) is 1. The Morgan fingerprint density at radius 3 is 2.53 bits per heavy atom. The average Bonchev–Trinajstić information content (AvgIpc) is 2.82. The van der Waals surface area contributed by atoms with Gasteiger partial charge in [-0.25, -0.2) is 8.42 Å². The van der Waals surface area contributed by atoms with Gasteiger partial charge in [0.05, 0.1) is 18.1 Å². The molecule has 8 heteroatoms. The summed E-state index contributed by atoms with van der Waals surface area (Å²) in [4.78, 5) is 15.6. The zero-order valence-electron chi connectivity index (χ0n) is 19.8. The van der Waals surface area contributed by atoms with Gasteiger partial charge in [0.1, 0.15) is 0 Å². The van der Waals surface area contributed by atoms with Crippen molar-refractivity contribution in [2.75, 3.05) is 39.4 Å². The largest absolute Gasteiger partial charge is 0.379 e. The molecule has 2 aliphatic heterocycles. The lowest BCUT2D eigenvalue weighted by Gasteiger charge is -2.38. The lowest BCUT2D eigenvalue weighted by Crippen LogP contribution is -2.52. The van der Waals surface area contributed by atoms with Gasteiger partial charge in [-0.05, 0) is 43.9 Å². The van der Waals surface area contributed by atoms with Crippen LogP contribution >= 0.6 is 0 Å². The summed E-state index contributed by atoms with van der Waals surface area (Å²) >= 11 is 0. The Balaban J connectivity index is 1.72. The number of morpholine rings is 1. The van der Waals surface area contributed by atoms with E-state index in [0.717, 1.165) is 58.4 Å². The molecule has 0 radical (unpaired) electrons. The predicted molar refractivity (Wildman–Crippen MR) is 126 cm³/mol. The van der Waals surface area contributed by atoms with Crippen LogP contribution in [0.3, 0.4) is 0 Å². The second-order valence-corrected chi connectivity index (χ2v) is 10.9. The molecule has 7 nitrogen and oxygen atoms in total. The molecule has 180 valence electrons. The quantitative estimate of drug-likeness (QED) is 0.606. The van der Waals surface area contributed by atoms with E-state index in [4.69, 9.17) is 4.74 Å². The molecule has 0 aliphatic carbocycles. The van der Waals surface area contributed by atoms with Crippen LogP contribution in [0.5, 0.6) is 0 Å². The highest BCUT2D eigenvalue weighted by Gasteiger charge is 2.32. The van der Waals surface area contributed by atoms with Crippen LogP contribution in [-0.2, 0) is 14.8 Å². The van der Waals surface area contributed by atoms with Gasteiger partial charge in [0.15, 0.2) is 0 Å². The SMILES string of the molecule is CCC(CC)C(CNC(=O)c1cccc(S(=O)(=O)N2CCCCC2C)c1)N1CCOCC1. The summed E-state index contributed by atoms with van der Waals surface area (Å²) in [6.45, 7) is 10.6. The Morgan fingerprint density at radius 1 is 1.16 bits per heavy atom. The highest BCUT2D eigenvalue weighted by molar-refractivity contribution is 7.89. The second kappa shape index (κ2) is 11.6. The summed E-state index contributed by atoms with van der Waals surface area (Å²) in [5.74, 6) is 0.263. The molecule has 2 saturated heterocycles. The van der Waals surface area contributed by atoms with E-state index in [1.807, 2.05) is 6.92 Å². The lowest BCUT2D eigenvalue weighted by molar-refractivity contribution is 0.00191. The zero-order chi connectivity index (χ0) is 23.1. The van der Waals surface area contributed by atoms with E-state index >= 15 is 0 Å². The van der Waals surface area contributed by atoms with Crippen molar-refractivity contribution in [1.29, 1.82) is 0 Å². The van der Waals surface area contributed by atoms with Crippen molar-refractivity contribution in [3.05, 3.63) is 29.8 Å². The first-order valence-electron chi connectivity index (χ1n) is 12.1. The molecule has 2 atom stereocenters. The van der Waals surface area contributed by atoms with Crippen molar-refractivity contribution in [2.24, 2.45) is 5.92 Å². The molecule has 2 aliphatic rings. The maximum atomic E-state index is 13.2. The van der Waals surface area contributed by atoms with E-state index in [1.54, 1.807) is 22.5 Å². The van der Waals surface area contributed by atoms with Crippen molar-refractivity contribution in [3.8, 4) is 0 Å². The number of rotatable bonds is 9. The Hall–Kier alpha value is -1.48. The molecule has 2 heterocycles. The van der Waals surface area contributed by atoms with Crippen LogP contribution in [0.2, 0.25) is 0 Å². The number of amides is 1. The van der Waals surface area contributed by atoms with Gasteiger partial charge in [-0.3, -0.25) is 9.69 Å². The fourth-order valence-electron chi connectivity index (χ4n) is 5.00. The van der Waals surface area contributed by atoms with Crippen LogP contribution in [0.1, 0.15) is 63.2 Å². The number of carbonyl (C=O) groups excluding carboxylic acids is 1. The number of nitrogens with one attached hydrogen (secondary N) is 1. The van der Waals surface area contributed by atoms with Gasteiger partial charge < -0.3 is 10.1 Å². The number of ether oxygens (including phenoxy) is 1. The Bertz CT molecular complexity index is 851. The molecule has 0 bridgehead atoms. The number of carbonyl (C=O) groups is 1. The molecule has 2 fully saturated rings. The average molecular weight is 466 g/mol. The molecule has 0 saturated carbocycles. The van der Waals surface area contributed by atoms with Gasteiger partial charge in [-0.15, -0.1) is 0 Å². The predicted octanol–water partition coefficient (Wildman–Crippen LogP) is 3.12. The Labute approximate surface area is 193 Å². The molecule has 3 rings (SSSR count). The minimum atomic E-state index is -3.61. The molecule has 0 aromatic heterocycles. The third kappa shape index (κ3) is 5.90. The maximum Gasteiger partial charge on any atom is 0.251 e. The third-order valence-electron chi connectivity index (χ3n) is 7.02. The van der Waals surface area contributed by atoms with E-state index in [-0.39, 0.29) is 22.9 Å². The smallest absolute Gasteiger partial charge is 0.251 e. The monoisotopic (exact) mass is 465 g/mol. The van der Waals surface area contributed by atoms with E-state index in [0.29, 0.717) is 24.6 Å². The van der Waals surface area contributed by atoms with E-state index < -0.39 is 10.0 Å². The minimum Gasteiger partial charge on any atom is -0.379 e. The van der Waals surface area contributed by atoms with Crippen LogP contribution in [0.4, 0.5) is 0 Å². The first kappa shape index (κ1) is 25.1. The molecule has 32 heavy (non-hydrogen) atoms. The van der Waals surface area contributed by atoms with Crippen LogP contribution in [0, 0.1) is 5.92 Å². The van der Waals surface area contributed by atoms with Crippen LogP contribution in [0.25, 0.3) is 0 Å². The van der Waals surface area contributed by atoms with Crippen molar-refractivity contribution in [2.45, 2.75) is 69.9 Å². The number of hydrogen-bond acceptors (Lipinski definition) is 5. The first-order valence-corrected chi connectivity index (χ1v) is 13.5. The molecular weight excluding hydrogens is 426 g/mol. The van der Waals surface area contributed by atoms with Crippen LogP contribution < -0.4 is 5.32 Å². The lowest BCUT2D eigenvalue weighted by atomic mass is 9.92. The van der Waals surface area contributed by atoms with Crippen molar-refractivity contribution in [1.82, 2.24) is 14.5 Å². The Kier molecular flexibility index (Phi) is 9.11. The van der Waals surface area contributed by atoms with E-state index in [1.165, 1.54) is 6.07 Å². The van der Waals surface area contributed by atoms with Crippen molar-refractivity contribution in [3.63, 3.8) is 0 Å². The Morgan fingerprint density at radius 2 is 1.88 bits per heavy atom. The highest BCUT2D eigenvalue weighted by Crippen LogP contribution is 2.26. The van der Waals surface area contributed by atoms with Gasteiger partial charge in [0.25, 0.3) is 5.91 Å². The summed E-state index contributed by atoms with van der Waals surface area (Å²) in [6.07, 6.45) is 4.91. The van der Waals surface area contributed by atoms with Crippen molar-refractivity contribution < 1.29 is 17.9 Å². The van der Waals surface area contributed by atoms with Gasteiger partial charge in [0.2, 0.25) is 10.0 Å². The summed E-state index contributed by atoms with van der Waals surface area (Å²) < 4.78 is 33.5. The van der Waals surface area contributed by atoms with Gasteiger partial charge in [-0.2, -0.15) is 4.31 Å². The molecule has 1 aromatic rings. The van der Waals surface area contributed by atoms with Crippen LogP contribution in [-0.4, -0.2) is 75.0 Å². The standard InChI is InChI=1S/C24H39N3O4S/c1-4-20(5-2)23(26-13-15-31-16-14-26)18-25-24(28)21-10-8-11-22(17-21)32(29,30)27-12-7-6-9-19(27)3/h8,10-11,17,19-20,23H,4-7,9,12-16,18H2,1-3H3,(H,25,28). The summed E-state index contributed by atoms with van der Waals surface area (Å²) in [6, 6.07) is 6.70. The highest BCUT2D eigenvalue weighted by atomic mass is 32.2. The fraction of sp³-hybridized carbons (Fsp3) is 0.708. The number of sulfonamides is 1. The third-order valence-corrected chi connectivity index (χ3v) is 9.03. The first-order chi connectivity index (χ1) is 15.4. The molecule has 2 unspecified atom stereocenters. The van der Waals surface area contributed by atoms with Gasteiger partial charge >= 0.3 is 0 Å². The molecule has 1 aromatic carbocycles. The van der Waals surface area contributed by atoms with E-state index in [9.17, 15) is 13.2 Å². The summed E-state index contributed by atoms with van der Waals surface area (Å²) in [7, 11) is -3.61. The second-order valence-electron chi connectivity index (χ2n) is 8.99.